The van der Waals surface area contributed by atoms with E-state index in [9.17, 15) is 14.7 Å². The van der Waals surface area contributed by atoms with Crippen LogP contribution in [0.15, 0.2) is 53.6 Å². The Hall–Kier alpha value is -3.55. The van der Waals surface area contributed by atoms with Gasteiger partial charge >= 0.3 is 5.97 Å². The average Bonchev–Trinajstić information content (AvgIpc) is 3.17. The number of aryl methyl sites for hydroxylation is 1. The number of halogens is 1. The van der Waals surface area contributed by atoms with Gasteiger partial charge in [-0.1, -0.05) is 36.6 Å². The van der Waals surface area contributed by atoms with Crippen LogP contribution in [0.2, 0.25) is 5.02 Å². The number of ether oxygens (including phenoxy) is 1. The number of pyridine rings is 3. The standard InChI is InChI=1S/C28H24ClN3O4/c1-3-28(35)12-25(33)36-15-20-21(28)10-24-26-19(14-32(24)27(20)34)18(13-31-7-5-4-6-8-31)17-9-16(2)22(29)11-23(17)30-26/h4-11H,3,12-15H2,1-2H3. The van der Waals surface area contributed by atoms with E-state index in [1.165, 1.54) is 0 Å². The molecule has 6 rings (SSSR count). The van der Waals surface area contributed by atoms with Crippen molar-refractivity contribution in [2.24, 2.45) is 0 Å². The molecule has 0 fully saturated rings. The molecule has 0 spiro atoms. The van der Waals surface area contributed by atoms with Gasteiger partial charge in [-0.15, -0.1) is 0 Å². The van der Waals surface area contributed by atoms with Crippen molar-refractivity contribution in [2.75, 3.05) is 0 Å². The van der Waals surface area contributed by atoms with Crippen LogP contribution in [0.5, 0.6) is 0 Å². The van der Waals surface area contributed by atoms with Gasteiger partial charge in [0.15, 0.2) is 18.9 Å². The Bertz CT molecular complexity index is 1630. The van der Waals surface area contributed by atoms with Gasteiger partial charge < -0.3 is 14.4 Å². The van der Waals surface area contributed by atoms with E-state index in [2.05, 4.69) is 4.57 Å². The van der Waals surface area contributed by atoms with Crippen molar-refractivity contribution in [3.63, 3.8) is 0 Å². The third-order valence-corrected chi connectivity index (χ3v) is 7.84. The fraction of sp³-hybridized carbons (Fsp3) is 0.286. The maximum Gasteiger partial charge on any atom is 0.305 e. The molecule has 2 aliphatic rings. The van der Waals surface area contributed by atoms with Crippen LogP contribution in [-0.2, 0) is 34.8 Å². The summed E-state index contributed by atoms with van der Waals surface area (Å²) in [4.78, 5) is 30.8. The Labute approximate surface area is 212 Å². The number of fused-ring (bicyclic) bond motifs is 5. The molecule has 7 nitrogen and oxygen atoms in total. The first-order chi connectivity index (χ1) is 17.3. The zero-order chi connectivity index (χ0) is 25.2. The van der Waals surface area contributed by atoms with Crippen LogP contribution >= 0.6 is 11.6 Å². The number of nitrogens with zero attached hydrogens (tertiary/aromatic N) is 3. The number of aromatic nitrogens is 3. The molecule has 1 atom stereocenters. The largest absolute Gasteiger partial charge is 0.846 e. The smallest absolute Gasteiger partial charge is 0.305 e. The first kappa shape index (κ1) is 22.9. The van der Waals surface area contributed by atoms with Crippen molar-refractivity contribution in [3.8, 4) is 11.4 Å². The molecule has 0 amide bonds. The Morgan fingerprint density at radius 2 is 1.94 bits per heavy atom. The minimum Gasteiger partial charge on any atom is -0.846 e. The quantitative estimate of drug-likeness (QED) is 0.280. The Morgan fingerprint density at radius 3 is 2.69 bits per heavy atom. The van der Waals surface area contributed by atoms with Crippen LogP contribution in [0, 0.1) is 6.92 Å². The van der Waals surface area contributed by atoms with E-state index in [0.29, 0.717) is 35.1 Å². The van der Waals surface area contributed by atoms with Crippen LogP contribution in [0.3, 0.4) is 0 Å². The minimum absolute atomic E-state index is 0.167. The molecular weight excluding hydrogens is 478 g/mol. The van der Waals surface area contributed by atoms with E-state index in [1.807, 2.05) is 49.6 Å². The number of hydrogen-bond acceptors (Lipinski definition) is 5. The second kappa shape index (κ2) is 8.25. The van der Waals surface area contributed by atoms with Gasteiger partial charge in [0.2, 0.25) is 0 Å². The number of carbonyl (C=O) groups excluding carboxylic acids is 1. The van der Waals surface area contributed by atoms with Crippen molar-refractivity contribution >= 4 is 28.5 Å². The molecule has 3 aromatic heterocycles. The van der Waals surface area contributed by atoms with E-state index < -0.39 is 11.6 Å². The predicted molar refractivity (Wildman–Crippen MR) is 132 cm³/mol. The van der Waals surface area contributed by atoms with Crippen LogP contribution in [0.4, 0.5) is 0 Å². The third-order valence-electron chi connectivity index (χ3n) is 7.43. The molecule has 1 unspecified atom stereocenters. The lowest BCUT2D eigenvalue weighted by Gasteiger charge is -2.39. The lowest BCUT2D eigenvalue weighted by molar-refractivity contribution is -0.688. The Balaban J connectivity index is 1.63. The molecule has 0 bridgehead atoms. The van der Waals surface area contributed by atoms with Gasteiger partial charge in [-0.3, -0.25) is 9.59 Å². The van der Waals surface area contributed by atoms with Crippen molar-refractivity contribution in [1.82, 2.24) is 9.55 Å². The number of cyclic esters (lactones) is 1. The summed E-state index contributed by atoms with van der Waals surface area (Å²) >= 11 is 6.47. The van der Waals surface area contributed by atoms with Gasteiger partial charge in [-0.05, 0) is 36.2 Å². The normalized spacial score (nSPS) is 18.4. The molecule has 0 saturated heterocycles. The van der Waals surface area contributed by atoms with Crippen LogP contribution in [-0.4, -0.2) is 15.5 Å². The second-order valence-electron chi connectivity index (χ2n) is 9.58. The molecule has 0 aliphatic carbocycles. The zero-order valence-corrected chi connectivity index (χ0v) is 20.8. The summed E-state index contributed by atoms with van der Waals surface area (Å²) in [6, 6.07) is 11.6. The lowest BCUT2D eigenvalue weighted by atomic mass is 9.85. The maximum absolute atomic E-state index is 13.7. The Morgan fingerprint density at radius 1 is 1.17 bits per heavy atom. The summed E-state index contributed by atoms with van der Waals surface area (Å²) in [5.74, 6) is -0.579. The lowest BCUT2D eigenvalue weighted by Crippen LogP contribution is -2.43. The van der Waals surface area contributed by atoms with Gasteiger partial charge in [0.25, 0.3) is 5.56 Å². The van der Waals surface area contributed by atoms with E-state index in [0.717, 1.165) is 27.6 Å². The summed E-state index contributed by atoms with van der Waals surface area (Å²) in [5, 5.41) is 15.3. The monoisotopic (exact) mass is 501 g/mol. The molecule has 5 heterocycles. The van der Waals surface area contributed by atoms with Gasteiger partial charge in [0, 0.05) is 40.1 Å². The predicted octanol–water partition coefficient (Wildman–Crippen LogP) is 3.14. The van der Waals surface area contributed by atoms with Gasteiger partial charge in [-0.2, -0.15) is 0 Å². The van der Waals surface area contributed by atoms with Gasteiger partial charge in [0.1, 0.15) is 6.61 Å². The molecule has 0 radical (unpaired) electrons. The number of esters is 1. The first-order valence-corrected chi connectivity index (χ1v) is 12.4. The summed E-state index contributed by atoms with van der Waals surface area (Å²) in [7, 11) is 0. The average molecular weight is 502 g/mol. The molecule has 8 heteroatoms. The summed E-state index contributed by atoms with van der Waals surface area (Å²) in [6.07, 6.45) is 3.86. The van der Waals surface area contributed by atoms with Gasteiger partial charge in [0.05, 0.1) is 29.0 Å². The molecular formula is C28H24ClN3O4. The molecule has 2 aliphatic heterocycles. The SMILES string of the molecule is CCC1([O-])CC(=O)OCc2c1cc1n(c2=O)Cc2c-1nc1cc(Cl)c(C)cc1c2C[n+]1ccccc1. The summed E-state index contributed by atoms with van der Waals surface area (Å²) in [6.45, 7) is 4.43. The molecule has 36 heavy (non-hydrogen) atoms. The first-order valence-electron chi connectivity index (χ1n) is 12.0. The van der Waals surface area contributed by atoms with E-state index in [1.54, 1.807) is 17.6 Å². The van der Waals surface area contributed by atoms with E-state index in [4.69, 9.17) is 21.3 Å². The number of hydrogen-bond donors (Lipinski definition) is 0. The third kappa shape index (κ3) is 3.45. The van der Waals surface area contributed by atoms with Crippen molar-refractivity contribution in [1.29, 1.82) is 0 Å². The summed E-state index contributed by atoms with van der Waals surface area (Å²) in [5.41, 5.74) is 3.51. The van der Waals surface area contributed by atoms with E-state index >= 15 is 0 Å². The van der Waals surface area contributed by atoms with Crippen molar-refractivity contribution < 1.29 is 19.2 Å². The fourth-order valence-electron chi connectivity index (χ4n) is 5.38. The van der Waals surface area contributed by atoms with E-state index in [-0.39, 0.29) is 30.6 Å². The molecule has 182 valence electrons. The van der Waals surface area contributed by atoms with Crippen LogP contribution < -0.4 is 15.2 Å². The topological polar surface area (TPSA) is 88.1 Å². The summed E-state index contributed by atoms with van der Waals surface area (Å²) < 4.78 is 8.98. The number of carbonyl (C=O) groups is 1. The number of benzene rings is 1. The maximum atomic E-state index is 13.7. The van der Waals surface area contributed by atoms with Gasteiger partial charge in [-0.25, -0.2) is 9.55 Å². The highest BCUT2D eigenvalue weighted by molar-refractivity contribution is 6.32. The molecule has 0 N–H and O–H groups in total. The highest BCUT2D eigenvalue weighted by atomic mass is 35.5. The Kier molecular flexibility index (Phi) is 5.24. The van der Waals surface area contributed by atoms with Crippen LogP contribution in [0.1, 0.15) is 47.6 Å². The second-order valence-corrected chi connectivity index (χ2v) is 9.99. The number of rotatable bonds is 3. The minimum atomic E-state index is -1.72. The molecule has 4 aromatic rings. The molecule has 0 saturated carbocycles. The van der Waals surface area contributed by atoms with Crippen molar-refractivity contribution in [3.05, 3.63) is 92.0 Å². The zero-order valence-electron chi connectivity index (χ0n) is 20.0. The van der Waals surface area contributed by atoms with Crippen LogP contribution in [0.25, 0.3) is 22.3 Å². The molecule has 1 aromatic carbocycles. The fourth-order valence-corrected chi connectivity index (χ4v) is 5.54. The van der Waals surface area contributed by atoms with Crippen molar-refractivity contribution in [2.45, 2.75) is 52.0 Å². The highest BCUT2D eigenvalue weighted by Gasteiger charge is 2.35. The highest BCUT2D eigenvalue weighted by Crippen LogP contribution is 2.40.